The quantitative estimate of drug-likeness (QED) is 0.936. The molecule has 0 saturated carbocycles. The van der Waals surface area contributed by atoms with Gasteiger partial charge in [0.05, 0.1) is 12.8 Å². The minimum Gasteiger partial charge on any atom is -0.381 e. The van der Waals surface area contributed by atoms with Gasteiger partial charge in [0.2, 0.25) is 0 Å². The maximum absolute atomic E-state index is 12.5. The molecule has 0 aliphatic carbocycles. The molecule has 2 aromatic rings. The Hall–Kier alpha value is -2.14. The molecular formula is C16H19N3O2. The van der Waals surface area contributed by atoms with Gasteiger partial charge in [-0.2, -0.15) is 5.10 Å². The second-order valence-electron chi connectivity index (χ2n) is 5.48. The average molecular weight is 285 g/mol. The van der Waals surface area contributed by atoms with Gasteiger partial charge in [-0.3, -0.25) is 9.89 Å². The molecule has 0 unspecified atom stereocenters. The number of ether oxygens (including phenoxy) is 1. The van der Waals surface area contributed by atoms with Gasteiger partial charge < -0.3 is 9.64 Å². The van der Waals surface area contributed by atoms with Crippen LogP contribution in [0.1, 0.15) is 16.8 Å². The van der Waals surface area contributed by atoms with E-state index < -0.39 is 0 Å². The maximum atomic E-state index is 12.5. The number of aromatic nitrogens is 2. The van der Waals surface area contributed by atoms with E-state index >= 15 is 0 Å². The number of rotatable bonds is 4. The van der Waals surface area contributed by atoms with Crippen molar-refractivity contribution in [2.75, 3.05) is 26.8 Å². The van der Waals surface area contributed by atoms with Crippen LogP contribution in [0.25, 0.3) is 11.1 Å². The molecule has 1 N–H and O–H groups in total. The highest BCUT2D eigenvalue weighted by Crippen LogP contribution is 2.20. The summed E-state index contributed by atoms with van der Waals surface area (Å²) < 4.78 is 5.36. The summed E-state index contributed by atoms with van der Waals surface area (Å²) in [7, 11) is 1.85. The Morgan fingerprint density at radius 1 is 1.48 bits per heavy atom. The molecule has 1 aromatic carbocycles. The molecule has 1 aliphatic rings. The summed E-state index contributed by atoms with van der Waals surface area (Å²) in [6, 6.07) is 7.65. The zero-order valence-corrected chi connectivity index (χ0v) is 12.1. The predicted molar refractivity (Wildman–Crippen MR) is 79.9 cm³/mol. The van der Waals surface area contributed by atoms with Gasteiger partial charge in [-0.15, -0.1) is 0 Å². The fourth-order valence-electron chi connectivity index (χ4n) is 2.66. The largest absolute Gasteiger partial charge is 0.381 e. The van der Waals surface area contributed by atoms with E-state index in [1.807, 2.05) is 37.5 Å². The fraction of sp³-hybridized carbons (Fsp3) is 0.375. The third-order valence-corrected chi connectivity index (χ3v) is 3.84. The average Bonchev–Trinajstić information content (AvgIpc) is 3.20. The van der Waals surface area contributed by atoms with Crippen molar-refractivity contribution in [1.29, 1.82) is 0 Å². The number of aromatic amines is 1. The lowest BCUT2D eigenvalue weighted by Crippen LogP contribution is -2.32. The van der Waals surface area contributed by atoms with Crippen LogP contribution in [0.15, 0.2) is 36.7 Å². The maximum Gasteiger partial charge on any atom is 0.253 e. The number of nitrogens with zero attached hydrogens (tertiary/aromatic N) is 2. The predicted octanol–water partition coefficient (Wildman–Crippen LogP) is 2.19. The molecule has 1 fully saturated rings. The first-order chi connectivity index (χ1) is 10.2. The van der Waals surface area contributed by atoms with Crippen LogP contribution in [0.5, 0.6) is 0 Å². The number of hydrogen-bond acceptors (Lipinski definition) is 3. The second-order valence-corrected chi connectivity index (χ2v) is 5.48. The van der Waals surface area contributed by atoms with Crippen LogP contribution >= 0.6 is 0 Å². The molecular weight excluding hydrogens is 266 g/mol. The van der Waals surface area contributed by atoms with E-state index in [0.717, 1.165) is 37.3 Å². The number of amides is 1. The number of hydrogen-bond donors (Lipinski definition) is 1. The Kier molecular flexibility index (Phi) is 4.01. The first-order valence-corrected chi connectivity index (χ1v) is 7.16. The highest BCUT2D eigenvalue weighted by molar-refractivity contribution is 5.95. The summed E-state index contributed by atoms with van der Waals surface area (Å²) in [5.41, 5.74) is 2.68. The molecule has 1 atom stereocenters. The molecule has 21 heavy (non-hydrogen) atoms. The van der Waals surface area contributed by atoms with Gasteiger partial charge in [-0.25, -0.2) is 0 Å². The van der Waals surface area contributed by atoms with Crippen LogP contribution in [-0.4, -0.2) is 47.8 Å². The molecule has 5 nitrogen and oxygen atoms in total. The SMILES string of the molecule is CN(C[C@@H]1CCOC1)C(=O)c1cccc(-c2cn[nH]c2)c1. The summed E-state index contributed by atoms with van der Waals surface area (Å²) in [5, 5.41) is 6.73. The number of carbonyl (C=O) groups excluding carboxylic acids is 1. The minimum absolute atomic E-state index is 0.0484. The van der Waals surface area contributed by atoms with Crippen molar-refractivity contribution in [3.05, 3.63) is 42.2 Å². The van der Waals surface area contributed by atoms with Gasteiger partial charge in [-0.1, -0.05) is 12.1 Å². The third-order valence-electron chi connectivity index (χ3n) is 3.84. The summed E-state index contributed by atoms with van der Waals surface area (Å²) in [6.07, 6.45) is 4.61. The lowest BCUT2D eigenvalue weighted by molar-refractivity contribution is 0.0766. The number of H-pyrrole nitrogens is 1. The van der Waals surface area contributed by atoms with Crippen molar-refractivity contribution in [1.82, 2.24) is 15.1 Å². The van der Waals surface area contributed by atoms with Crippen molar-refractivity contribution < 1.29 is 9.53 Å². The molecule has 0 bridgehead atoms. The monoisotopic (exact) mass is 285 g/mol. The summed E-state index contributed by atoms with van der Waals surface area (Å²) >= 11 is 0. The highest BCUT2D eigenvalue weighted by atomic mass is 16.5. The summed E-state index contributed by atoms with van der Waals surface area (Å²) in [4.78, 5) is 14.3. The first-order valence-electron chi connectivity index (χ1n) is 7.16. The Labute approximate surface area is 123 Å². The minimum atomic E-state index is 0.0484. The van der Waals surface area contributed by atoms with E-state index in [0.29, 0.717) is 11.5 Å². The number of nitrogens with one attached hydrogen (secondary N) is 1. The van der Waals surface area contributed by atoms with Crippen LogP contribution in [0.4, 0.5) is 0 Å². The summed E-state index contributed by atoms with van der Waals surface area (Å²) in [6.45, 7) is 2.31. The lowest BCUT2D eigenvalue weighted by Gasteiger charge is -2.20. The standard InChI is InChI=1S/C16H19N3O2/c1-19(10-12-5-6-21-11-12)16(20)14-4-2-3-13(7-14)15-8-17-18-9-15/h2-4,7-9,12H,5-6,10-11H2,1H3,(H,17,18)/t12-/m0/s1. The molecule has 1 saturated heterocycles. The first kappa shape index (κ1) is 13.8. The van der Waals surface area contributed by atoms with Gasteiger partial charge in [0.15, 0.2) is 0 Å². The number of carbonyl (C=O) groups is 1. The fourth-order valence-corrected chi connectivity index (χ4v) is 2.66. The molecule has 0 radical (unpaired) electrons. The van der Waals surface area contributed by atoms with Crippen molar-refractivity contribution in [3.63, 3.8) is 0 Å². The van der Waals surface area contributed by atoms with Gasteiger partial charge in [0, 0.05) is 43.4 Å². The van der Waals surface area contributed by atoms with Crippen LogP contribution in [0, 0.1) is 5.92 Å². The zero-order valence-electron chi connectivity index (χ0n) is 12.1. The molecule has 1 aliphatic heterocycles. The molecule has 0 spiro atoms. The second kappa shape index (κ2) is 6.10. The van der Waals surface area contributed by atoms with E-state index in [1.165, 1.54) is 0 Å². The Balaban J connectivity index is 1.73. The highest BCUT2D eigenvalue weighted by Gasteiger charge is 2.21. The summed E-state index contributed by atoms with van der Waals surface area (Å²) in [5.74, 6) is 0.503. The van der Waals surface area contributed by atoms with E-state index in [-0.39, 0.29) is 5.91 Å². The van der Waals surface area contributed by atoms with Crippen LogP contribution < -0.4 is 0 Å². The molecule has 5 heteroatoms. The van der Waals surface area contributed by atoms with Gasteiger partial charge in [0.25, 0.3) is 5.91 Å². The van der Waals surface area contributed by atoms with Crippen LogP contribution in [0.2, 0.25) is 0 Å². The number of benzene rings is 1. The lowest BCUT2D eigenvalue weighted by atomic mass is 10.0. The third kappa shape index (κ3) is 3.13. The Morgan fingerprint density at radius 2 is 2.38 bits per heavy atom. The van der Waals surface area contributed by atoms with E-state index in [4.69, 9.17) is 4.74 Å². The van der Waals surface area contributed by atoms with E-state index in [9.17, 15) is 4.79 Å². The normalized spacial score (nSPS) is 17.9. The van der Waals surface area contributed by atoms with E-state index in [1.54, 1.807) is 11.1 Å². The Morgan fingerprint density at radius 3 is 3.10 bits per heavy atom. The molecule has 1 aromatic heterocycles. The molecule has 1 amide bonds. The molecule has 3 rings (SSSR count). The van der Waals surface area contributed by atoms with Crippen LogP contribution in [0.3, 0.4) is 0 Å². The van der Waals surface area contributed by atoms with Gasteiger partial charge >= 0.3 is 0 Å². The van der Waals surface area contributed by atoms with Crippen molar-refractivity contribution in [2.45, 2.75) is 6.42 Å². The zero-order chi connectivity index (χ0) is 14.7. The topological polar surface area (TPSA) is 58.2 Å². The van der Waals surface area contributed by atoms with Crippen molar-refractivity contribution in [3.8, 4) is 11.1 Å². The van der Waals surface area contributed by atoms with Crippen molar-refractivity contribution in [2.24, 2.45) is 5.92 Å². The Bertz CT molecular complexity index is 604. The van der Waals surface area contributed by atoms with Gasteiger partial charge in [-0.05, 0) is 24.1 Å². The van der Waals surface area contributed by atoms with E-state index in [2.05, 4.69) is 10.2 Å². The van der Waals surface area contributed by atoms with Gasteiger partial charge in [0.1, 0.15) is 0 Å². The van der Waals surface area contributed by atoms with Crippen LogP contribution in [-0.2, 0) is 4.74 Å². The molecule has 110 valence electrons. The smallest absolute Gasteiger partial charge is 0.253 e. The molecule has 2 heterocycles. The van der Waals surface area contributed by atoms with Crippen molar-refractivity contribution >= 4 is 5.91 Å².